The predicted octanol–water partition coefficient (Wildman–Crippen LogP) is 1.44. The van der Waals surface area contributed by atoms with Gasteiger partial charge in [0.1, 0.15) is 0 Å². The first-order chi connectivity index (χ1) is 7.15. The Morgan fingerprint density at radius 3 is 2.73 bits per heavy atom. The van der Waals surface area contributed by atoms with Gasteiger partial charge in [0.2, 0.25) is 0 Å². The summed E-state index contributed by atoms with van der Waals surface area (Å²) in [6, 6.07) is -0.474. The third-order valence-corrected chi connectivity index (χ3v) is 2.87. The van der Waals surface area contributed by atoms with E-state index in [1.807, 2.05) is 13.8 Å². The van der Waals surface area contributed by atoms with Gasteiger partial charge >= 0.3 is 0 Å². The molecule has 0 spiro atoms. The minimum absolute atomic E-state index is 0.162. The van der Waals surface area contributed by atoms with Crippen LogP contribution in [0.1, 0.15) is 20.3 Å². The molecule has 0 aromatic carbocycles. The smallest absolute Gasteiger partial charge is 0.166 e. The standard InChI is InChI=1S/C9H17N3O3/c1-4-6-8(13)5(2)7(11-12-10)9(14-3)15-6/h5-9,13H,4H2,1-3H3/t5-,6?,7?,8+,9+/m1/s1. The normalized spacial score (nSPS) is 40.9. The fourth-order valence-corrected chi connectivity index (χ4v) is 1.87. The maximum Gasteiger partial charge on any atom is 0.166 e. The summed E-state index contributed by atoms with van der Waals surface area (Å²) in [7, 11) is 1.50. The van der Waals surface area contributed by atoms with E-state index in [0.717, 1.165) is 0 Å². The van der Waals surface area contributed by atoms with Crippen LogP contribution in [-0.4, -0.2) is 36.8 Å². The first-order valence-electron chi connectivity index (χ1n) is 5.06. The summed E-state index contributed by atoms with van der Waals surface area (Å²) >= 11 is 0. The summed E-state index contributed by atoms with van der Waals surface area (Å²) in [4.78, 5) is 2.75. The van der Waals surface area contributed by atoms with Crippen LogP contribution in [0.2, 0.25) is 0 Å². The van der Waals surface area contributed by atoms with E-state index in [9.17, 15) is 5.11 Å². The molecule has 86 valence electrons. The maximum absolute atomic E-state index is 9.88. The van der Waals surface area contributed by atoms with Crippen molar-refractivity contribution in [3.63, 3.8) is 0 Å². The van der Waals surface area contributed by atoms with Gasteiger partial charge < -0.3 is 14.6 Å². The molecule has 0 radical (unpaired) electrons. The molecule has 1 heterocycles. The van der Waals surface area contributed by atoms with Crippen LogP contribution in [0.5, 0.6) is 0 Å². The van der Waals surface area contributed by atoms with Crippen LogP contribution in [0, 0.1) is 5.92 Å². The fourth-order valence-electron chi connectivity index (χ4n) is 1.87. The van der Waals surface area contributed by atoms with Crippen molar-refractivity contribution in [3.8, 4) is 0 Å². The molecule has 0 amide bonds. The molecule has 0 aromatic heterocycles. The van der Waals surface area contributed by atoms with Gasteiger partial charge in [-0.3, -0.25) is 0 Å². The molecule has 1 rings (SSSR count). The van der Waals surface area contributed by atoms with Crippen molar-refractivity contribution in [3.05, 3.63) is 10.4 Å². The number of nitrogens with zero attached hydrogens (tertiary/aromatic N) is 3. The molecule has 0 bridgehead atoms. The Kier molecular flexibility index (Phi) is 4.35. The second-order valence-electron chi connectivity index (χ2n) is 3.73. The van der Waals surface area contributed by atoms with Gasteiger partial charge in [-0.25, -0.2) is 0 Å². The van der Waals surface area contributed by atoms with Crippen molar-refractivity contribution in [2.45, 2.75) is 44.8 Å². The number of hydrogen-bond acceptors (Lipinski definition) is 4. The summed E-state index contributed by atoms with van der Waals surface area (Å²) in [6.45, 7) is 3.77. The van der Waals surface area contributed by atoms with Gasteiger partial charge in [0.25, 0.3) is 0 Å². The summed E-state index contributed by atoms with van der Waals surface area (Å²) < 4.78 is 10.6. The van der Waals surface area contributed by atoms with Gasteiger partial charge in [0.15, 0.2) is 6.29 Å². The lowest BCUT2D eigenvalue weighted by atomic mass is 9.88. The van der Waals surface area contributed by atoms with Gasteiger partial charge in [-0.2, -0.15) is 0 Å². The molecule has 15 heavy (non-hydrogen) atoms. The average molecular weight is 215 g/mol. The average Bonchev–Trinajstić information content (AvgIpc) is 2.25. The van der Waals surface area contributed by atoms with Crippen LogP contribution >= 0.6 is 0 Å². The molecule has 6 heteroatoms. The van der Waals surface area contributed by atoms with E-state index in [2.05, 4.69) is 10.0 Å². The van der Waals surface area contributed by atoms with Crippen LogP contribution in [0.25, 0.3) is 10.4 Å². The fraction of sp³-hybridized carbons (Fsp3) is 1.00. The maximum atomic E-state index is 9.88. The van der Waals surface area contributed by atoms with Crippen molar-refractivity contribution in [2.24, 2.45) is 11.0 Å². The number of aliphatic hydroxyl groups excluding tert-OH is 1. The Hall–Kier alpha value is -0.810. The molecule has 0 saturated carbocycles. The minimum atomic E-state index is -0.614. The number of methoxy groups -OCH3 is 1. The molecular formula is C9H17N3O3. The van der Waals surface area contributed by atoms with Crippen molar-refractivity contribution < 1.29 is 14.6 Å². The lowest BCUT2D eigenvalue weighted by molar-refractivity contribution is -0.236. The molecule has 2 unspecified atom stereocenters. The van der Waals surface area contributed by atoms with Gasteiger partial charge in [-0.15, -0.1) is 0 Å². The van der Waals surface area contributed by atoms with E-state index in [1.165, 1.54) is 7.11 Å². The molecular weight excluding hydrogens is 198 g/mol. The summed E-state index contributed by atoms with van der Waals surface area (Å²) in [5.41, 5.74) is 8.42. The third-order valence-electron chi connectivity index (χ3n) is 2.87. The predicted molar refractivity (Wildman–Crippen MR) is 54.1 cm³/mol. The Morgan fingerprint density at radius 1 is 1.60 bits per heavy atom. The molecule has 6 nitrogen and oxygen atoms in total. The largest absolute Gasteiger partial charge is 0.390 e. The number of rotatable bonds is 3. The summed E-state index contributed by atoms with van der Waals surface area (Å²) in [6.07, 6.45) is -0.731. The van der Waals surface area contributed by atoms with Crippen LogP contribution in [0.4, 0.5) is 0 Å². The number of hydrogen-bond donors (Lipinski definition) is 1. The zero-order chi connectivity index (χ0) is 11.4. The molecule has 0 aliphatic carbocycles. The van der Waals surface area contributed by atoms with Crippen LogP contribution in [0.3, 0.4) is 0 Å². The number of ether oxygens (including phenoxy) is 2. The molecule has 1 saturated heterocycles. The zero-order valence-corrected chi connectivity index (χ0v) is 9.20. The SMILES string of the molecule is CCC1O[C@H](OC)C(N=[N+]=[N-])[C@@H](C)[C@@H]1O. The van der Waals surface area contributed by atoms with Crippen LogP contribution < -0.4 is 0 Å². The lowest BCUT2D eigenvalue weighted by Crippen LogP contribution is -2.52. The zero-order valence-electron chi connectivity index (χ0n) is 9.20. The van der Waals surface area contributed by atoms with E-state index in [0.29, 0.717) is 6.42 Å². The minimum Gasteiger partial charge on any atom is -0.390 e. The molecule has 1 aliphatic rings. The first kappa shape index (κ1) is 12.3. The van der Waals surface area contributed by atoms with Gasteiger partial charge in [0, 0.05) is 12.0 Å². The molecule has 1 N–H and O–H groups in total. The van der Waals surface area contributed by atoms with Gasteiger partial charge in [-0.1, -0.05) is 19.0 Å². The van der Waals surface area contributed by atoms with Crippen molar-refractivity contribution >= 4 is 0 Å². The molecule has 1 aliphatic heterocycles. The Morgan fingerprint density at radius 2 is 2.27 bits per heavy atom. The summed E-state index contributed by atoms with van der Waals surface area (Å²) in [5, 5.41) is 13.5. The quantitative estimate of drug-likeness (QED) is 0.439. The third kappa shape index (κ3) is 2.41. The summed E-state index contributed by atoms with van der Waals surface area (Å²) in [5.74, 6) is -0.162. The number of aliphatic hydroxyl groups is 1. The topological polar surface area (TPSA) is 87.5 Å². The van der Waals surface area contributed by atoms with Crippen molar-refractivity contribution in [1.29, 1.82) is 0 Å². The Labute approximate surface area is 88.8 Å². The van der Waals surface area contributed by atoms with E-state index in [-0.39, 0.29) is 12.0 Å². The molecule has 0 aromatic rings. The first-order valence-corrected chi connectivity index (χ1v) is 5.06. The van der Waals surface area contributed by atoms with E-state index >= 15 is 0 Å². The Bertz CT molecular complexity index is 253. The molecule has 1 fully saturated rings. The van der Waals surface area contributed by atoms with Gasteiger partial charge in [-0.05, 0) is 17.9 Å². The van der Waals surface area contributed by atoms with E-state index in [4.69, 9.17) is 15.0 Å². The van der Waals surface area contributed by atoms with E-state index in [1.54, 1.807) is 0 Å². The van der Waals surface area contributed by atoms with Gasteiger partial charge in [0.05, 0.1) is 18.2 Å². The Balaban J connectivity index is 2.83. The highest BCUT2D eigenvalue weighted by atomic mass is 16.7. The number of azide groups is 1. The lowest BCUT2D eigenvalue weighted by Gasteiger charge is -2.41. The van der Waals surface area contributed by atoms with Crippen molar-refractivity contribution in [1.82, 2.24) is 0 Å². The van der Waals surface area contributed by atoms with Crippen LogP contribution in [-0.2, 0) is 9.47 Å². The highest BCUT2D eigenvalue weighted by Crippen LogP contribution is 2.29. The van der Waals surface area contributed by atoms with Crippen LogP contribution in [0.15, 0.2) is 5.11 Å². The second kappa shape index (κ2) is 5.32. The van der Waals surface area contributed by atoms with Crippen molar-refractivity contribution in [2.75, 3.05) is 7.11 Å². The van der Waals surface area contributed by atoms with E-state index < -0.39 is 18.4 Å². The highest BCUT2D eigenvalue weighted by Gasteiger charge is 2.41. The highest BCUT2D eigenvalue weighted by molar-refractivity contribution is 4.90. The second-order valence-corrected chi connectivity index (χ2v) is 3.73. The monoisotopic (exact) mass is 215 g/mol. The molecule has 5 atom stereocenters.